The zero-order valence-electron chi connectivity index (χ0n) is 12.0. The number of rotatable bonds is 4. The molecule has 0 amide bonds. The van der Waals surface area contributed by atoms with Gasteiger partial charge in [0.1, 0.15) is 10.8 Å². The predicted octanol–water partition coefficient (Wildman–Crippen LogP) is 4.85. The fraction of sp³-hybridized carbons (Fsp3) is 0.235. The van der Waals surface area contributed by atoms with E-state index in [-0.39, 0.29) is 17.9 Å². The number of para-hydroxylation sites is 1. The van der Waals surface area contributed by atoms with Crippen LogP contribution in [0.3, 0.4) is 0 Å². The minimum absolute atomic E-state index is 0.146. The quantitative estimate of drug-likeness (QED) is 0.745. The van der Waals surface area contributed by atoms with E-state index in [0.717, 1.165) is 16.1 Å². The molecule has 0 aliphatic rings. The van der Waals surface area contributed by atoms with E-state index in [1.165, 1.54) is 16.8 Å². The number of benzene rings is 2. The Kier molecular flexibility index (Phi) is 3.99. The summed E-state index contributed by atoms with van der Waals surface area (Å²) in [7, 11) is 0. The molecule has 1 N–H and O–H groups in total. The molecule has 2 atom stereocenters. The molecule has 3 aromatic rings. The van der Waals surface area contributed by atoms with Crippen molar-refractivity contribution in [2.45, 2.75) is 25.9 Å². The maximum Gasteiger partial charge on any atom is 0.123 e. The molecule has 0 radical (unpaired) electrons. The SMILES string of the molecule is CC(N[C@@H](C)c1ccc(F)cc1)c1nc2ccccc2s1. The molecule has 4 heteroatoms. The second-order valence-corrected chi connectivity index (χ2v) is 6.24. The summed E-state index contributed by atoms with van der Waals surface area (Å²) in [6.45, 7) is 4.19. The molecule has 0 aliphatic heterocycles. The molecule has 3 rings (SSSR count). The molecule has 1 heterocycles. The Labute approximate surface area is 127 Å². The lowest BCUT2D eigenvalue weighted by molar-refractivity contribution is 0.493. The van der Waals surface area contributed by atoms with Crippen molar-refractivity contribution in [2.75, 3.05) is 0 Å². The Balaban J connectivity index is 1.75. The van der Waals surface area contributed by atoms with Gasteiger partial charge in [0, 0.05) is 6.04 Å². The van der Waals surface area contributed by atoms with Crippen molar-refractivity contribution in [3.63, 3.8) is 0 Å². The van der Waals surface area contributed by atoms with Crippen molar-refractivity contribution in [1.29, 1.82) is 0 Å². The van der Waals surface area contributed by atoms with Crippen molar-refractivity contribution in [1.82, 2.24) is 10.3 Å². The van der Waals surface area contributed by atoms with E-state index >= 15 is 0 Å². The lowest BCUT2D eigenvalue weighted by Gasteiger charge is -2.18. The Morgan fingerprint density at radius 2 is 1.71 bits per heavy atom. The molecule has 0 spiro atoms. The highest BCUT2D eigenvalue weighted by Crippen LogP contribution is 2.27. The van der Waals surface area contributed by atoms with Gasteiger partial charge in [0.15, 0.2) is 0 Å². The van der Waals surface area contributed by atoms with Gasteiger partial charge in [-0.1, -0.05) is 24.3 Å². The monoisotopic (exact) mass is 300 g/mol. The highest BCUT2D eigenvalue weighted by Gasteiger charge is 2.14. The summed E-state index contributed by atoms with van der Waals surface area (Å²) in [5.74, 6) is -0.204. The van der Waals surface area contributed by atoms with Crippen molar-refractivity contribution in [3.05, 3.63) is 64.9 Å². The number of thiazole rings is 1. The number of fused-ring (bicyclic) bond motifs is 1. The van der Waals surface area contributed by atoms with Crippen LogP contribution in [0.1, 0.15) is 36.5 Å². The second-order valence-electron chi connectivity index (χ2n) is 5.18. The van der Waals surface area contributed by atoms with E-state index in [1.54, 1.807) is 11.3 Å². The summed E-state index contributed by atoms with van der Waals surface area (Å²) in [5, 5.41) is 4.59. The van der Waals surface area contributed by atoms with Crippen molar-refractivity contribution in [2.24, 2.45) is 0 Å². The number of nitrogens with one attached hydrogen (secondary N) is 1. The predicted molar refractivity (Wildman–Crippen MR) is 86.0 cm³/mol. The Bertz CT molecular complexity index is 703. The summed E-state index contributed by atoms with van der Waals surface area (Å²) in [6.07, 6.45) is 0. The fourth-order valence-electron chi connectivity index (χ4n) is 2.37. The summed E-state index contributed by atoms with van der Waals surface area (Å²) in [4.78, 5) is 4.67. The number of halogens is 1. The molecule has 2 aromatic carbocycles. The average molecular weight is 300 g/mol. The number of hydrogen-bond donors (Lipinski definition) is 1. The zero-order chi connectivity index (χ0) is 14.8. The maximum atomic E-state index is 13.0. The van der Waals surface area contributed by atoms with Crippen LogP contribution in [0.15, 0.2) is 48.5 Å². The van der Waals surface area contributed by atoms with E-state index in [0.29, 0.717) is 0 Å². The zero-order valence-corrected chi connectivity index (χ0v) is 12.8. The Hall–Kier alpha value is -1.78. The van der Waals surface area contributed by atoms with E-state index in [4.69, 9.17) is 0 Å². The van der Waals surface area contributed by atoms with E-state index in [2.05, 4.69) is 30.2 Å². The van der Waals surface area contributed by atoms with Crippen LogP contribution >= 0.6 is 11.3 Å². The first kappa shape index (κ1) is 14.2. The summed E-state index contributed by atoms with van der Waals surface area (Å²) < 4.78 is 14.2. The molecule has 108 valence electrons. The van der Waals surface area contributed by atoms with Crippen LogP contribution in [0.2, 0.25) is 0 Å². The van der Waals surface area contributed by atoms with Crippen LogP contribution in [-0.4, -0.2) is 4.98 Å². The molecule has 0 saturated heterocycles. The fourth-order valence-corrected chi connectivity index (χ4v) is 3.35. The average Bonchev–Trinajstić information content (AvgIpc) is 2.92. The standard InChI is InChI=1S/C17H17FN2S/c1-11(13-7-9-14(18)10-8-13)19-12(2)17-20-15-5-3-4-6-16(15)21-17/h3-12,19H,1-2H3/t11-,12?/m0/s1. The van der Waals surface area contributed by atoms with E-state index in [9.17, 15) is 4.39 Å². The van der Waals surface area contributed by atoms with Gasteiger partial charge in [0.2, 0.25) is 0 Å². The molecular weight excluding hydrogens is 283 g/mol. The number of hydrogen-bond acceptors (Lipinski definition) is 3. The second kappa shape index (κ2) is 5.92. The van der Waals surface area contributed by atoms with Crippen LogP contribution < -0.4 is 5.32 Å². The molecule has 0 aliphatic carbocycles. The van der Waals surface area contributed by atoms with Crippen molar-refractivity contribution in [3.8, 4) is 0 Å². The first-order chi connectivity index (χ1) is 10.1. The maximum absolute atomic E-state index is 13.0. The van der Waals surface area contributed by atoms with Crippen LogP contribution in [0.4, 0.5) is 4.39 Å². The lowest BCUT2D eigenvalue weighted by Crippen LogP contribution is -2.22. The molecule has 0 fully saturated rings. The highest BCUT2D eigenvalue weighted by atomic mass is 32.1. The molecule has 0 bridgehead atoms. The Morgan fingerprint density at radius 3 is 2.43 bits per heavy atom. The van der Waals surface area contributed by atoms with Crippen molar-refractivity contribution < 1.29 is 4.39 Å². The largest absolute Gasteiger partial charge is 0.302 e. The number of nitrogens with zero attached hydrogens (tertiary/aromatic N) is 1. The van der Waals surface area contributed by atoms with Gasteiger partial charge in [-0.2, -0.15) is 0 Å². The van der Waals surface area contributed by atoms with Gasteiger partial charge >= 0.3 is 0 Å². The van der Waals surface area contributed by atoms with E-state index < -0.39 is 0 Å². The molecule has 1 unspecified atom stereocenters. The van der Waals surface area contributed by atoms with Crippen LogP contribution in [-0.2, 0) is 0 Å². The van der Waals surface area contributed by atoms with Crippen molar-refractivity contribution >= 4 is 21.6 Å². The molecule has 0 saturated carbocycles. The molecule has 1 aromatic heterocycles. The third-order valence-electron chi connectivity index (χ3n) is 3.55. The topological polar surface area (TPSA) is 24.9 Å². The summed E-state index contributed by atoms with van der Waals surface area (Å²) in [6, 6.07) is 15.1. The lowest BCUT2D eigenvalue weighted by atomic mass is 10.1. The Morgan fingerprint density at radius 1 is 1.00 bits per heavy atom. The molecular formula is C17H17FN2S. The smallest absolute Gasteiger partial charge is 0.123 e. The third-order valence-corrected chi connectivity index (χ3v) is 4.77. The van der Waals surface area contributed by atoms with Gasteiger partial charge < -0.3 is 5.32 Å². The summed E-state index contributed by atoms with van der Waals surface area (Å²) >= 11 is 1.71. The van der Waals surface area contributed by atoms with Gasteiger partial charge in [0.25, 0.3) is 0 Å². The van der Waals surface area contributed by atoms with Crippen LogP contribution in [0, 0.1) is 5.82 Å². The highest BCUT2D eigenvalue weighted by molar-refractivity contribution is 7.18. The van der Waals surface area contributed by atoms with Gasteiger partial charge in [0.05, 0.1) is 16.3 Å². The third kappa shape index (κ3) is 3.12. The molecule has 2 nitrogen and oxygen atoms in total. The first-order valence-corrected chi connectivity index (χ1v) is 7.82. The van der Waals surface area contributed by atoms with Gasteiger partial charge in [-0.15, -0.1) is 11.3 Å². The summed E-state index contributed by atoms with van der Waals surface area (Å²) in [5.41, 5.74) is 2.12. The van der Waals surface area contributed by atoms with Gasteiger partial charge in [-0.05, 0) is 43.7 Å². The van der Waals surface area contributed by atoms with Crippen LogP contribution in [0.25, 0.3) is 10.2 Å². The molecule has 21 heavy (non-hydrogen) atoms. The minimum Gasteiger partial charge on any atom is -0.302 e. The van der Waals surface area contributed by atoms with E-state index in [1.807, 2.05) is 30.3 Å². The van der Waals surface area contributed by atoms with Gasteiger partial charge in [-0.25, -0.2) is 9.37 Å². The minimum atomic E-state index is -0.204. The van der Waals surface area contributed by atoms with Crippen LogP contribution in [0.5, 0.6) is 0 Å². The number of aromatic nitrogens is 1. The van der Waals surface area contributed by atoms with Gasteiger partial charge in [-0.3, -0.25) is 0 Å². The normalized spacial score (nSPS) is 14.2. The first-order valence-electron chi connectivity index (χ1n) is 7.00.